The van der Waals surface area contributed by atoms with Gasteiger partial charge in [0.1, 0.15) is 0 Å². The normalized spacial score (nSPS) is 22.2. The van der Waals surface area contributed by atoms with Gasteiger partial charge in [0.15, 0.2) is 0 Å². The predicted molar refractivity (Wildman–Crippen MR) is 42.1 cm³/mol. The quantitative estimate of drug-likeness (QED) is 0.644. The molecule has 1 saturated carbocycles. The number of hydrogen-bond donors (Lipinski definition) is 0. The van der Waals surface area contributed by atoms with Crippen LogP contribution in [0.2, 0.25) is 0 Å². The smallest absolute Gasteiger partial charge is 0.248 e. The van der Waals surface area contributed by atoms with E-state index in [1.807, 2.05) is 29.1 Å². The zero-order chi connectivity index (χ0) is 8.60. The fourth-order valence-electron chi connectivity index (χ4n) is 1.70. The number of hydrogen-bond acceptors (Lipinski definition) is 0. The maximum absolute atomic E-state index is 12.4. The number of alkyl halides is 2. The van der Waals surface area contributed by atoms with Gasteiger partial charge in [-0.25, -0.2) is 8.78 Å². The maximum atomic E-state index is 12.4. The monoisotopic (exact) mass is 171 g/mol. The van der Waals surface area contributed by atoms with Gasteiger partial charge in [0.05, 0.1) is 0 Å². The molecule has 66 valence electrons. The first-order chi connectivity index (χ1) is 5.66. The molecular formula is C9H11F2N. The molecule has 0 radical (unpaired) electrons. The highest BCUT2D eigenvalue weighted by atomic mass is 19.3. The van der Waals surface area contributed by atoms with E-state index in [2.05, 4.69) is 0 Å². The molecule has 0 spiro atoms. The Morgan fingerprint density at radius 1 is 1.25 bits per heavy atom. The average molecular weight is 171 g/mol. The molecule has 1 nitrogen and oxygen atoms in total. The molecule has 0 aromatic carbocycles. The second-order valence-corrected chi connectivity index (χ2v) is 3.51. The largest absolute Gasteiger partial charge is 0.354 e. The molecule has 0 unspecified atom stereocenters. The summed E-state index contributed by atoms with van der Waals surface area (Å²) in [5.41, 5.74) is 0. The summed E-state index contributed by atoms with van der Waals surface area (Å²) in [6.45, 7) is 0.739. The Balaban J connectivity index is 1.84. The lowest BCUT2D eigenvalue weighted by atomic mass is 9.81. The summed E-state index contributed by atoms with van der Waals surface area (Å²) in [4.78, 5) is 0. The third-order valence-corrected chi connectivity index (χ3v) is 2.31. The highest BCUT2D eigenvalue weighted by molar-refractivity contribution is 4.93. The molecule has 1 fully saturated rings. The van der Waals surface area contributed by atoms with Crippen molar-refractivity contribution in [2.75, 3.05) is 0 Å². The van der Waals surface area contributed by atoms with Crippen molar-refractivity contribution in [1.82, 2.24) is 4.57 Å². The highest BCUT2D eigenvalue weighted by Crippen LogP contribution is 2.42. The van der Waals surface area contributed by atoms with E-state index < -0.39 is 5.92 Å². The minimum Gasteiger partial charge on any atom is -0.354 e. The first-order valence-electron chi connectivity index (χ1n) is 4.14. The Bertz CT molecular complexity index is 246. The maximum Gasteiger partial charge on any atom is 0.248 e. The fourth-order valence-corrected chi connectivity index (χ4v) is 1.70. The molecule has 1 aliphatic carbocycles. The van der Waals surface area contributed by atoms with Crippen LogP contribution in [0.1, 0.15) is 12.8 Å². The van der Waals surface area contributed by atoms with E-state index in [-0.39, 0.29) is 18.8 Å². The van der Waals surface area contributed by atoms with Gasteiger partial charge in [-0.05, 0) is 18.1 Å². The Hall–Kier alpha value is -0.860. The van der Waals surface area contributed by atoms with Gasteiger partial charge in [-0.3, -0.25) is 0 Å². The summed E-state index contributed by atoms with van der Waals surface area (Å²) in [6.07, 6.45) is 3.95. The van der Waals surface area contributed by atoms with Crippen molar-refractivity contribution >= 4 is 0 Å². The van der Waals surface area contributed by atoms with Gasteiger partial charge < -0.3 is 4.57 Å². The van der Waals surface area contributed by atoms with Crippen molar-refractivity contribution in [3.63, 3.8) is 0 Å². The molecule has 12 heavy (non-hydrogen) atoms. The van der Waals surface area contributed by atoms with Crippen LogP contribution in [-0.2, 0) is 6.54 Å². The molecule has 1 aromatic heterocycles. The molecule has 0 saturated heterocycles. The number of halogens is 2. The number of rotatable bonds is 2. The van der Waals surface area contributed by atoms with Crippen LogP contribution in [0.3, 0.4) is 0 Å². The third kappa shape index (κ3) is 1.49. The van der Waals surface area contributed by atoms with Crippen LogP contribution >= 0.6 is 0 Å². The lowest BCUT2D eigenvalue weighted by molar-refractivity contribution is -0.114. The summed E-state index contributed by atoms with van der Waals surface area (Å²) in [6, 6.07) is 3.83. The van der Waals surface area contributed by atoms with Gasteiger partial charge in [-0.15, -0.1) is 0 Å². The van der Waals surface area contributed by atoms with Crippen molar-refractivity contribution in [3.8, 4) is 0 Å². The van der Waals surface area contributed by atoms with Gasteiger partial charge in [0, 0.05) is 31.8 Å². The lowest BCUT2D eigenvalue weighted by Crippen LogP contribution is -2.37. The number of nitrogens with zero attached hydrogens (tertiary/aromatic N) is 1. The van der Waals surface area contributed by atoms with Crippen LogP contribution < -0.4 is 0 Å². The molecular weight excluding hydrogens is 160 g/mol. The Labute approximate surface area is 70.0 Å². The van der Waals surface area contributed by atoms with Gasteiger partial charge in [0.25, 0.3) is 0 Å². The second kappa shape index (κ2) is 2.57. The van der Waals surface area contributed by atoms with Gasteiger partial charge in [-0.2, -0.15) is 0 Å². The first-order valence-corrected chi connectivity index (χ1v) is 4.14. The van der Waals surface area contributed by atoms with Crippen LogP contribution in [0, 0.1) is 5.92 Å². The lowest BCUT2D eigenvalue weighted by Gasteiger charge is -2.35. The van der Waals surface area contributed by atoms with Gasteiger partial charge >= 0.3 is 0 Å². The van der Waals surface area contributed by atoms with E-state index >= 15 is 0 Å². The van der Waals surface area contributed by atoms with Crippen molar-refractivity contribution in [1.29, 1.82) is 0 Å². The Kier molecular flexibility index (Phi) is 1.67. The summed E-state index contributed by atoms with van der Waals surface area (Å²) in [7, 11) is 0. The standard InChI is InChI=1S/C9H11F2N/c10-9(11)5-8(6-9)7-12-3-1-2-4-12/h1-4,8H,5-7H2. The second-order valence-electron chi connectivity index (χ2n) is 3.51. The zero-order valence-electron chi connectivity index (χ0n) is 6.71. The third-order valence-electron chi connectivity index (χ3n) is 2.31. The summed E-state index contributed by atoms with van der Waals surface area (Å²) in [5, 5.41) is 0. The molecule has 1 heterocycles. The van der Waals surface area contributed by atoms with E-state index in [0.717, 1.165) is 6.54 Å². The van der Waals surface area contributed by atoms with Gasteiger partial charge in [-0.1, -0.05) is 0 Å². The molecule has 3 heteroatoms. The van der Waals surface area contributed by atoms with E-state index in [1.54, 1.807) is 0 Å². The molecule has 1 aromatic rings. The van der Waals surface area contributed by atoms with Crippen LogP contribution in [0.15, 0.2) is 24.5 Å². The zero-order valence-corrected chi connectivity index (χ0v) is 6.71. The van der Waals surface area contributed by atoms with E-state index in [4.69, 9.17) is 0 Å². The predicted octanol–water partition coefficient (Wildman–Crippen LogP) is 2.53. The molecule has 2 rings (SSSR count). The number of aromatic nitrogens is 1. The molecule has 0 atom stereocenters. The molecule has 0 bridgehead atoms. The van der Waals surface area contributed by atoms with Crippen LogP contribution in [0.4, 0.5) is 8.78 Å². The topological polar surface area (TPSA) is 4.93 Å². The minimum atomic E-state index is -2.38. The van der Waals surface area contributed by atoms with Crippen molar-refractivity contribution in [2.45, 2.75) is 25.3 Å². The fraction of sp³-hybridized carbons (Fsp3) is 0.556. The average Bonchev–Trinajstić information content (AvgIpc) is 2.35. The van der Waals surface area contributed by atoms with Crippen molar-refractivity contribution in [3.05, 3.63) is 24.5 Å². The minimum absolute atomic E-state index is 0.0607. The summed E-state index contributed by atoms with van der Waals surface area (Å²) in [5.74, 6) is -2.20. The Morgan fingerprint density at radius 2 is 1.83 bits per heavy atom. The van der Waals surface area contributed by atoms with E-state index in [9.17, 15) is 8.78 Å². The molecule has 1 aliphatic rings. The van der Waals surface area contributed by atoms with E-state index in [0.29, 0.717) is 0 Å². The highest BCUT2D eigenvalue weighted by Gasteiger charge is 2.44. The van der Waals surface area contributed by atoms with Crippen LogP contribution in [0.5, 0.6) is 0 Å². The SMILES string of the molecule is FC1(F)CC(Cn2cccc2)C1. The molecule has 0 aliphatic heterocycles. The first kappa shape index (κ1) is 7.77. The molecule has 0 N–H and O–H groups in total. The van der Waals surface area contributed by atoms with Crippen molar-refractivity contribution < 1.29 is 8.78 Å². The van der Waals surface area contributed by atoms with E-state index in [1.165, 1.54) is 0 Å². The summed E-state index contributed by atoms with van der Waals surface area (Å²) < 4.78 is 26.8. The molecule has 0 amide bonds. The van der Waals surface area contributed by atoms with Crippen LogP contribution in [0.25, 0.3) is 0 Å². The Morgan fingerprint density at radius 3 is 2.33 bits per heavy atom. The van der Waals surface area contributed by atoms with Crippen molar-refractivity contribution in [2.24, 2.45) is 5.92 Å². The van der Waals surface area contributed by atoms with Gasteiger partial charge in [0.2, 0.25) is 5.92 Å². The summed E-state index contributed by atoms with van der Waals surface area (Å²) >= 11 is 0. The van der Waals surface area contributed by atoms with Crippen LogP contribution in [-0.4, -0.2) is 10.5 Å².